The van der Waals surface area contributed by atoms with Crippen molar-refractivity contribution in [2.75, 3.05) is 0 Å². The Hall–Kier alpha value is -4.23. The Morgan fingerprint density at radius 2 is 1.76 bits per heavy atom. The second-order valence-corrected chi connectivity index (χ2v) is 7.69. The number of rotatable bonds is 6. The number of carbonyl (C=O) groups excluding carboxylic acids is 1. The number of hydrogen-bond acceptors (Lipinski definition) is 3. The fourth-order valence-electron chi connectivity index (χ4n) is 3.50. The lowest BCUT2D eigenvalue weighted by Crippen LogP contribution is -2.27. The van der Waals surface area contributed by atoms with Crippen LogP contribution in [0.15, 0.2) is 88.8 Å². The smallest absolute Gasteiger partial charge is 0.251 e. The summed E-state index contributed by atoms with van der Waals surface area (Å²) in [7, 11) is 0. The number of halogens is 1. The molecule has 0 unspecified atom stereocenters. The third-order valence-corrected chi connectivity index (χ3v) is 5.40. The quantitative estimate of drug-likeness (QED) is 0.301. The number of fused-ring (bicyclic) bond motifs is 1. The van der Waals surface area contributed by atoms with Crippen LogP contribution in [0.2, 0.25) is 5.02 Å². The SMILES string of the molecule is N=CN=C(N)c1ccc(C(=O)NCc2cn(-c3ccccc3)c3cc(Cl)ccc3c2=O)cc1. The first-order valence-corrected chi connectivity index (χ1v) is 10.5. The van der Waals surface area contributed by atoms with Crippen molar-refractivity contribution in [1.29, 1.82) is 5.41 Å². The maximum atomic E-state index is 13.1. The molecule has 0 aliphatic heterocycles. The number of amidine groups is 1. The Bertz CT molecular complexity index is 1430. The molecular weight excluding hydrogens is 438 g/mol. The van der Waals surface area contributed by atoms with E-state index in [9.17, 15) is 9.59 Å². The van der Waals surface area contributed by atoms with Gasteiger partial charge in [0, 0.05) is 45.5 Å². The first-order chi connectivity index (χ1) is 16.0. The molecule has 0 aliphatic carbocycles. The molecule has 1 heterocycles. The van der Waals surface area contributed by atoms with E-state index in [-0.39, 0.29) is 23.7 Å². The highest BCUT2D eigenvalue weighted by Gasteiger charge is 2.13. The van der Waals surface area contributed by atoms with Crippen LogP contribution in [0.4, 0.5) is 0 Å². The molecule has 0 saturated carbocycles. The van der Waals surface area contributed by atoms with Crippen molar-refractivity contribution in [1.82, 2.24) is 9.88 Å². The molecule has 0 saturated heterocycles. The molecule has 0 atom stereocenters. The molecule has 0 bridgehead atoms. The van der Waals surface area contributed by atoms with E-state index in [2.05, 4.69) is 10.3 Å². The van der Waals surface area contributed by atoms with E-state index in [1.807, 2.05) is 34.9 Å². The van der Waals surface area contributed by atoms with Gasteiger partial charge in [0.25, 0.3) is 5.91 Å². The number of amides is 1. The standard InChI is InChI=1S/C25H20ClN5O2/c26-19-10-11-21-22(12-19)31(20-4-2-1-3-5-20)14-18(23(21)32)13-29-25(33)17-8-6-16(7-9-17)24(28)30-15-27/h1-12,14-15H,13H2,(H,29,33)(H3,27,28,30). The van der Waals surface area contributed by atoms with E-state index >= 15 is 0 Å². The second-order valence-electron chi connectivity index (χ2n) is 7.25. The maximum Gasteiger partial charge on any atom is 0.251 e. The number of aromatic nitrogens is 1. The van der Waals surface area contributed by atoms with E-state index in [4.69, 9.17) is 22.7 Å². The fourth-order valence-corrected chi connectivity index (χ4v) is 3.66. The summed E-state index contributed by atoms with van der Waals surface area (Å²) in [5, 5.41) is 10.8. The van der Waals surface area contributed by atoms with Gasteiger partial charge in [-0.2, -0.15) is 0 Å². The van der Waals surface area contributed by atoms with Crippen molar-refractivity contribution in [3.8, 4) is 5.69 Å². The molecule has 33 heavy (non-hydrogen) atoms. The predicted molar refractivity (Wildman–Crippen MR) is 132 cm³/mol. The van der Waals surface area contributed by atoms with Crippen molar-refractivity contribution in [2.45, 2.75) is 6.54 Å². The number of nitrogens with zero attached hydrogens (tertiary/aromatic N) is 2. The van der Waals surface area contributed by atoms with Gasteiger partial charge in [-0.05, 0) is 42.5 Å². The monoisotopic (exact) mass is 457 g/mol. The molecule has 1 aromatic heterocycles. The van der Waals surface area contributed by atoms with Crippen LogP contribution in [-0.4, -0.2) is 22.6 Å². The zero-order valence-electron chi connectivity index (χ0n) is 17.5. The average Bonchev–Trinajstić information content (AvgIpc) is 2.84. The summed E-state index contributed by atoms with van der Waals surface area (Å²) in [6.07, 6.45) is 2.59. The van der Waals surface area contributed by atoms with Gasteiger partial charge < -0.3 is 15.6 Å². The number of nitrogens with two attached hydrogens (primary N) is 1. The number of aliphatic imine (C=N–C) groups is 1. The summed E-state index contributed by atoms with van der Waals surface area (Å²) in [6, 6.07) is 21.3. The minimum atomic E-state index is -0.328. The van der Waals surface area contributed by atoms with Gasteiger partial charge in [-0.25, -0.2) is 4.99 Å². The number of benzene rings is 3. The highest BCUT2D eigenvalue weighted by molar-refractivity contribution is 6.31. The van der Waals surface area contributed by atoms with E-state index in [0.29, 0.717) is 32.6 Å². The molecule has 0 aliphatic rings. The molecule has 164 valence electrons. The number of nitrogens with one attached hydrogen (secondary N) is 2. The predicted octanol–water partition coefficient (Wildman–Crippen LogP) is 3.89. The van der Waals surface area contributed by atoms with Crippen LogP contribution in [0.1, 0.15) is 21.5 Å². The van der Waals surface area contributed by atoms with Crippen LogP contribution in [0.3, 0.4) is 0 Å². The van der Waals surface area contributed by atoms with Crippen molar-refractivity contribution < 1.29 is 4.79 Å². The molecule has 3 aromatic carbocycles. The zero-order chi connectivity index (χ0) is 23.4. The van der Waals surface area contributed by atoms with Crippen molar-refractivity contribution in [3.05, 3.63) is 111 Å². The maximum absolute atomic E-state index is 13.1. The van der Waals surface area contributed by atoms with Crippen molar-refractivity contribution in [3.63, 3.8) is 0 Å². The molecule has 1 amide bonds. The highest BCUT2D eigenvalue weighted by atomic mass is 35.5. The Morgan fingerprint density at radius 1 is 1.06 bits per heavy atom. The van der Waals surface area contributed by atoms with Gasteiger partial charge in [0.15, 0.2) is 5.43 Å². The molecule has 7 nitrogen and oxygen atoms in total. The third kappa shape index (κ3) is 4.68. The molecule has 0 spiro atoms. The van der Waals surface area contributed by atoms with Gasteiger partial charge in [-0.15, -0.1) is 0 Å². The Labute approximate surface area is 194 Å². The lowest BCUT2D eigenvalue weighted by atomic mass is 10.1. The fraction of sp³-hybridized carbons (Fsp3) is 0.0400. The number of pyridine rings is 1. The van der Waals surface area contributed by atoms with Gasteiger partial charge >= 0.3 is 0 Å². The molecular formula is C25H20ClN5O2. The summed E-state index contributed by atoms with van der Waals surface area (Å²) in [5.41, 5.74) is 8.61. The van der Waals surface area contributed by atoms with Crippen LogP contribution in [-0.2, 0) is 6.54 Å². The van der Waals surface area contributed by atoms with Crippen molar-refractivity contribution >= 4 is 40.6 Å². The summed E-state index contributed by atoms with van der Waals surface area (Å²) < 4.78 is 1.89. The Morgan fingerprint density at radius 3 is 2.45 bits per heavy atom. The number of hydrogen-bond donors (Lipinski definition) is 3. The summed E-state index contributed by atoms with van der Waals surface area (Å²) in [6.45, 7) is 0.0578. The summed E-state index contributed by atoms with van der Waals surface area (Å²) in [5.74, 6) is -0.138. The lowest BCUT2D eigenvalue weighted by Gasteiger charge is -2.14. The van der Waals surface area contributed by atoms with Gasteiger partial charge in [0.1, 0.15) is 12.2 Å². The molecule has 4 N–H and O–H groups in total. The molecule has 8 heteroatoms. The summed E-state index contributed by atoms with van der Waals surface area (Å²) >= 11 is 6.19. The van der Waals surface area contributed by atoms with E-state index in [1.165, 1.54) is 0 Å². The van der Waals surface area contributed by atoms with Crippen LogP contribution >= 0.6 is 11.6 Å². The van der Waals surface area contributed by atoms with E-state index in [1.54, 1.807) is 48.7 Å². The van der Waals surface area contributed by atoms with Crippen molar-refractivity contribution in [2.24, 2.45) is 10.7 Å². The Kier molecular flexibility index (Phi) is 6.33. The summed E-state index contributed by atoms with van der Waals surface area (Å²) in [4.78, 5) is 29.5. The van der Waals surface area contributed by atoms with E-state index in [0.717, 1.165) is 12.0 Å². The highest BCUT2D eigenvalue weighted by Crippen LogP contribution is 2.21. The average molecular weight is 458 g/mol. The van der Waals surface area contributed by atoms with E-state index < -0.39 is 0 Å². The molecule has 0 fully saturated rings. The topological polar surface area (TPSA) is 113 Å². The van der Waals surface area contributed by atoms with Crippen LogP contribution < -0.4 is 16.5 Å². The van der Waals surface area contributed by atoms with Crippen LogP contribution in [0.5, 0.6) is 0 Å². The first kappa shape index (κ1) is 22.0. The first-order valence-electron chi connectivity index (χ1n) is 10.1. The number of para-hydroxylation sites is 1. The lowest BCUT2D eigenvalue weighted by molar-refractivity contribution is 0.0951. The zero-order valence-corrected chi connectivity index (χ0v) is 18.2. The normalized spacial score (nSPS) is 11.4. The Balaban J connectivity index is 1.64. The largest absolute Gasteiger partial charge is 0.383 e. The molecule has 4 aromatic rings. The van der Waals surface area contributed by atoms with Gasteiger partial charge in [-0.3, -0.25) is 15.0 Å². The second kappa shape index (κ2) is 9.50. The third-order valence-electron chi connectivity index (χ3n) is 5.16. The van der Waals surface area contributed by atoms with Crippen LogP contribution in [0.25, 0.3) is 16.6 Å². The minimum Gasteiger partial charge on any atom is -0.383 e. The molecule has 4 rings (SSSR count). The van der Waals surface area contributed by atoms with Gasteiger partial charge in [-0.1, -0.05) is 41.9 Å². The minimum absolute atomic E-state index is 0.0578. The van der Waals surface area contributed by atoms with Gasteiger partial charge in [0.05, 0.1) is 5.52 Å². The molecule has 0 radical (unpaired) electrons. The van der Waals surface area contributed by atoms with Gasteiger partial charge in [0.2, 0.25) is 0 Å². The van der Waals surface area contributed by atoms with Crippen LogP contribution in [0, 0.1) is 5.41 Å². The number of carbonyl (C=O) groups is 1.